The van der Waals surface area contributed by atoms with Crippen molar-refractivity contribution in [3.05, 3.63) is 12.2 Å². The average molecular weight is 187 g/mol. The van der Waals surface area contributed by atoms with Crippen molar-refractivity contribution in [3.63, 3.8) is 0 Å². The van der Waals surface area contributed by atoms with Gasteiger partial charge in [0.2, 0.25) is 0 Å². The molecule has 1 aliphatic rings. The van der Waals surface area contributed by atoms with Crippen molar-refractivity contribution < 1.29 is 8.42 Å². The Hall–Kier alpha value is -0.910. The maximum atomic E-state index is 11.5. The molecule has 2 rings (SSSR count). The Morgan fingerprint density at radius 1 is 1.58 bits per heavy atom. The van der Waals surface area contributed by atoms with Crippen molar-refractivity contribution in [2.45, 2.75) is 25.0 Å². The van der Waals surface area contributed by atoms with Gasteiger partial charge < -0.3 is 0 Å². The quantitative estimate of drug-likeness (QED) is 0.650. The Kier molecular flexibility index (Phi) is 1.47. The minimum atomic E-state index is -3.20. The monoisotopic (exact) mass is 187 g/mol. The third-order valence-corrected chi connectivity index (χ3v) is 3.80. The summed E-state index contributed by atoms with van der Waals surface area (Å²) in [5, 5.41) is 3.54. The molecule has 0 spiro atoms. The fourth-order valence-corrected chi connectivity index (χ4v) is 2.42. The van der Waals surface area contributed by atoms with E-state index in [0.717, 1.165) is 16.9 Å². The van der Waals surface area contributed by atoms with Gasteiger partial charge in [0.15, 0.2) is 0 Å². The molecule has 6 heteroatoms. The highest BCUT2D eigenvalue weighted by Gasteiger charge is 2.37. The van der Waals surface area contributed by atoms with Crippen LogP contribution in [0.1, 0.15) is 18.7 Å². The summed E-state index contributed by atoms with van der Waals surface area (Å²) < 4.78 is 23.9. The second kappa shape index (κ2) is 2.29. The number of aromatic nitrogens is 3. The van der Waals surface area contributed by atoms with E-state index in [9.17, 15) is 8.42 Å². The molecule has 0 saturated heterocycles. The molecule has 0 amide bonds. The van der Waals surface area contributed by atoms with Crippen LogP contribution in [0.3, 0.4) is 0 Å². The number of aryl methyl sites for hydroxylation is 1. The lowest BCUT2D eigenvalue weighted by atomic mass is 10.8. The van der Waals surface area contributed by atoms with Gasteiger partial charge in [-0.25, -0.2) is 13.4 Å². The summed E-state index contributed by atoms with van der Waals surface area (Å²) >= 11 is 0. The maximum absolute atomic E-state index is 11.5. The van der Waals surface area contributed by atoms with Crippen LogP contribution in [0.25, 0.3) is 0 Å². The second-order valence-electron chi connectivity index (χ2n) is 2.91. The topological polar surface area (TPSA) is 64.8 Å². The van der Waals surface area contributed by atoms with E-state index < -0.39 is 10.0 Å². The Labute approximate surface area is 70.5 Å². The van der Waals surface area contributed by atoms with E-state index in [-0.39, 0.29) is 5.25 Å². The van der Waals surface area contributed by atoms with Gasteiger partial charge in [-0.05, 0) is 19.8 Å². The van der Waals surface area contributed by atoms with Crippen LogP contribution < -0.4 is 0 Å². The van der Waals surface area contributed by atoms with Gasteiger partial charge in [0.25, 0.3) is 10.0 Å². The zero-order valence-corrected chi connectivity index (χ0v) is 7.45. The van der Waals surface area contributed by atoms with Gasteiger partial charge in [0.05, 0.1) is 5.25 Å². The molecule has 0 aromatic carbocycles. The molecular formula is C6H9N3O2S. The SMILES string of the molecule is Cc1ncn(S(=O)(=O)C2CC2)n1. The van der Waals surface area contributed by atoms with Gasteiger partial charge in [-0.1, -0.05) is 0 Å². The number of rotatable bonds is 2. The predicted octanol–water partition coefficient (Wildman–Crippen LogP) is -0.0732. The van der Waals surface area contributed by atoms with Gasteiger partial charge in [-0.3, -0.25) is 0 Å². The standard InChI is InChI=1S/C6H9N3O2S/c1-5-7-4-9(8-5)12(10,11)6-2-3-6/h4,6H,2-3H2,1H3. The summed E-state index contributed by atoms with van der Waals surface area (Å²) in [5.41, 5.74) is 0. The third-order valence-electron chi connectivity index (χ3n) is 1.79. The highest BCUT2D eigenvalue weighted by Crippen LogP contribution is 2.29. The van der Waals surface area contributed by atoms with Crippen molar-refractivity contribution in [1.29, 1.82) is 0 Å². The Balaban J connectivity index is 2.41. The van der Waals surface area contributed by atoms with Crippen molar-refractivity contribution in [3.8, 4) is 0 Å². The van der Waals surface area contributed by atoms with E-state index in [2.05, 4.69) is 10.1 Å². The summed E-state index contributed by atoms with van der Waals surface area (Å²) in [6.07, 6.45) is 2.76. The maximum Gasteiger partial charge on any atom is 0.258 e. The number of hydrogen-bond donors (Lipinski definition) is 0. The van der Waals surface area contributed by atoms with Crippen molar-refractivity contribution >= 4 is 10.0 Å². The summed E-state index contributed by atoms with van der Waals surface area (Å²) in [6, 6.07) is 0. The number of nitrogens with zero attached hydrogens (tertiary/aromatic N) is 3. The van der Waals surface area contributed by atoms with Crippen molar-refractivity contribution in [2.75, 3.05) is 0 Å². The van der Waals surface area contributed by atoms with Crippen LogP contribution in [0.15, 0.2) is 6.33 Å². The molecule has 1 fully saturated rings. The molecule has 0 atom stereocenters. The van der Waals surface area contributed by atoms with Gasteiger partial charge in [-0.15, -0.1) is 9.19 Å². The van der Waals surface area contributed by atoms with Gasteiger partial charge >= 0.3 is 0 Å². The molecule has 5 nitrogen and oxygen atoms in total. The fourth-order valence-electron chi connectivity index (χ4n) is 0.968. The lowest BCUT2D eigenvalue weighted by molar-refractivity contribution is 0.578. The largest absolute Gasteiger partial charge is 0.258 e. The molecule has 0 radical (unpaired) electrons. The smallest absolute Gasteiger partial charge is 0.219 e. The van der Waals surface area contributed by atoms with E-state index in [1.54, 1.807) is 6.92 Å². The summed E-state index contributed by atoms with van der Waals surface area (Å²) in [4.78, 5) is 3.77. The van der Waals surface area contributed by atoms with Gasteiger partial charge in [-0.2, -0.15) is 0 Å². The molecule has 12 heavy (non-hydrogen) atoms. The first-order valence-corrected chi connectivity index (χ1v) is 5.23. The summed E-state index contributed by atoms with van der Waals surface area (Å²) in [6.45, 7) is 1.67. The minimum absolute atomic E-state index is 0.224. The first kappa shape index (κ1) is 7.72. The van der Waals surface area contributed by atoms with E-state index in [1.807, 2.05) is 0 Å². The fraction of sp³-hybridized carbons (Fsp3) is 0.667. The highest BCUT2D eigenvalue weighted by atomic mass is 32.2. The molecule has 1 aromatic rings. The van der Waals surface area contributed by atoms with Crippen LogP contribution in [0.2, 0.25) is 0 Å². The molecule has 0 N–H and O–H groups in total. The Morgan fingerprint density at radius 2 is 2.25 bits per heavy atom. The lowest BCUT2D eigenvalue weighted by Gasteiger charge is -1.98. The van der Waals surface area contributed by atoms with Crippen molar-refractivity contribution in [2.24, 2.45) is 0 Å². The van der Waals surface area contributed by atoms with Crippen LogP contribution in [-0.2, 0) is 10.0 Å². The van der Waals surface area contributed by atoms with Crippen LogP contribution >= 0.6 is 0 Å². The molecular weight excluding hydrogens is 178 g/mol. The predicted molar refractivity (Wildman–Crippen MR) is 42.1 cm³/mol. The third kappa shape index (κ3) is 1.12. The zero-order chi connectivity index (χ0) is 8.77. The molecule has 0 aliphatic heterocycles. The molecule has 0 unspecified atom stereocenters. The molecule has 0 bridgehead atoms. The van der Waals surface area contributed by atoms with Gasteiger partial charge in [0.1, 0.15) is 12.2 Å². The molecule has 1 saturated carbocycles. The molecule has 1 heterocycles. The zero-order valence-electron chi connectivity index (χ0n) is 6.64. The normalized spacial score (nSPS) is 18.1. The lowest BCUT2D eigenvalue weighted by Crippen LogP contribution is -2.17. The summed E-state index contributed by atoms with van der Waals surface area (Å²) in [7, 11) is -3.20. The number of hydrogen-bond acceptors (Lipinski definition) is 4. The Bertz CT molecular complexity index is 391. The van der Waals surface area contributed by atoms with E-state index in [4.69, 9.17) is 0 Å². The molecule has 1 aromatic heterocycles. The van der Waals surface area contributed by atoms with Gasteiger partial charge in [0, 0.05) is 0 Å². The van der Waals surface area contributed by atoms with Crippen molar-refractivity contribution in [1.82, 2.24) is 14.2 Å². The van der Waals surface area contributed by atoms with Crippen LogP contribution in [-0.4, -0.2) is 27.8 Å². The highest BCUT2D eigenvalue weighted by molar-refractivity contribution is 7.90. The van der Waals surface area contributed by atoms with Crippen LogP contribution in [0.4, 0.5) is 0 Å². The summed E-state index contributed by atoms with van der Waals surface area (Å²) in [5.74, 6) is 0.485. The molecule has 1 aliphatic carbocycles. The second-order valence-corrected chi connectivity index (χ2v) is 4.98. The average Bonchev–Trinajstić information content (AvgIpc) is 2.75. The Morgan fingerprint density at radius 3 is 2.67 bits per heavy atom. The first-order chi connectivity index (χ1) is 5.60. The minimum Gasteiger partial charge on any atom is -0.219 e. The molecule has 66 valence electrons. The van der Waals surface area contributed by atoms with E-state index in [0.29, 0.717) is 5.82 Å². The van der Waals surface area contributed by atoms with Crippen LogP contribution in [0, 0.1) is 6.92 Å². The van der Waals surface area contributed by atoms with E-state index in [1.165, 1.54) is 6.33 Å². The van der Waals surface area contributed by atoms with E-state index >= 15 is 0 Å². The first-order valence-electron chi connectivity index (χ1n) is 3.73. The van der Waals surface area contributed by atoms with Crippen LogP contribution in [0.5, 0.6) is 0 Å².